The highest BCUT2D eigenvalue weighted by Crippen LogP contribution is 2.17. The molecule has 5 nitrogen and oxygen atoms in total. The molecule has 0 spiro atoms. The van der Waals surface area contributed by atoms with Crippen LogP contribution in [0.25, 0.3) is 0 Å². The van der Waals surface area contributed by atoms with Crippen molar-refractivity contribution in [2.75, 3.05) is 5.32 Å². The maximum atomic E-state index is 4.30. The lowest BCUT2D eigenvalue weighted by Gasteiger charge is -2.11. The van der Waals surface area contributed by atoms with E-state index in [1.807, 2.05) is 36.0 Å². The molecule has 2 N–H and O–H groups in total. The number of aryl methyl sites for hydroxylation is 1. The molecule has 3 rings (SSSR count). The van der Waals surface area contributed by atoms with Crippen molar-refractivity contribution < 1.29 is 0 Å². The van der Waals surface area contributed by atoms with Gasteiger partial charge in [0.2, 0.25) is 0 Å². The quantitative estimate of drug-likeness (QED) is 0.747. The second-order valence-corrected chi connectivity index (χ2v) is 4.69. The lowest BCUT2D eigenvalue weighted by Crippen LogP contribution is -2.07. The third-order valence-corrected chi connectivity index (χ3v) is 3.29. The lowest BCUT2D eigenvalue weighted by molar-refractivity contribution is 0.687. The van der Waals surface area contributed by atoms with Crippen LogP contribution in [0.5, 0.6) is 0 Å². The first-order valence-electron chi connectivity index (χ1n) is 6.61. The molecule has 1 aromatic carbocycles. The van der Waals surface area contributed by atoms with Crippen LogP contribution in [-0.2, 0) is 13.1 Å². The predicted molar refractivity (Wildman–Crippen MR) is 78.4 cm³/mol. The SMILES string of the molecule is Cc1[nH]cnc1CNc1ccccc1Cn1cccn1. The van der Waals surface area contributed by atoms with E-state index in [0.29, 0.717) is 6.54 Å². The molecule has 2 aromatic heterocycles. The van der Waals surface area contributed by atoms with Crippen molar-refractivity contribution in [2.24, 2.45) is 0 Å². The molecule has 0 bridgehead atoms. The van der Waals surface area contributed by atoms with Crippen LogP contribution in [0.15, 0.2) is 49.1 Å². The summed E-state index contributed by atoms with van der Waals surface area (Å²) in [5, 5.41) is 7.69. The molecule has 0 radical (unpaired) electrons. The summed E-state index contributed by atoms with van der Waals surface area (Å²) in [4.78, 5) is 7.39. The summed E-state index contributed by atoms with van der Waals surface area (Å²) >= 11 is 0. The Balaban J connectivity index is 1.74. The minimum Gasteiger partial charge on any atom is -0.379 e. The van der Waals surface area contributed by atoms with Gasteiger partial charge in [0, 0.05) is 23.8 Å². The Morgan fingerprint density at radius 2 is 2.15 bits per heavy atom. The summed E-state index contributed by atoms with van der Waals surface area (Å²) in [6.07, 6.45) is 5.49. The largest absolute Gasteiger partial charge is 0.379 e. The Bertz CT molecular complexity index is 669. The summed E-state index contributed by atoms with van der Waals surface area (Å²) in [5.74, 6) is 0. The van der Waals surface area contributed by atoms with Gasteiger partial charge in [-0.2, -0.15) is 5.10 Å². The second-order valence-electron chi connectivity index (χ2n) is 4.69. The number of nitrogens with zero attached hydrogens (tertiary/aromatic N) is 3. The van der Waals surface area contributed by atoms with E-state index in [1.165, 1.54) is 5.56 Å². The van der Waals surface area contributed by atoms with Crippen molar-refractivity contribution >= 4 is 5.69 Å². The fourth-order valence-electron chi connectivity index (χ4n) is 2.14. The Morgan fingerprint density at radius 3 is 2.90 bits per heavy atom. The van der Waals surface area contributed by atoms with Crippen LogP contribution in [0.4, 0.5) is 5.69 Å². The number of benzene rings is 1. The van der Waals surface area contributed by atoms with Gasteiger partial charge in [0.15, 0.2) is 0 Å². The van der Waals surface area contributed by atoms with E-state index in [0.717, 1.165) is 23.6 Å². The van der Waals surface area contributed by atoms with Gasteiger partial charge in [-0.05, 0) is 24.6 Å². The lowest BCUT2D eigenvalue weighted by atomic mass is 10.1. The highest BCUT2D eigenvalue weighted by atomic mass is 15.3. The third kappa shape index (κ3) is 2.71. The van der Waals surface area contributed by atoms with Crippen LogP contribution in [0.3, 0.4) is 0 Å². The van der Waals surface area contributed by atoms with Crippen molar-refractivity contribution in [1.29, 1.82) is 0 Å². The molecule has 0 aliphatic heterocycles. The van der Waals surface area contributed by atoms with E-state index >= 15 is 0 Å². The van der Waals surface area contributed by atoms with Crippen LogP contribution < -0.4 is 5.32 Å². The Labute approximate surface area is 117 Å². The van der Waals surface area contributed by atoms with E-state index in [2.05, 4.69) is 32.5 Å². The van der Waals surface area contributed by atoms with Gasteiger partial charge in [0.1, 0.15) is 0 Å². The molecule has 0 aliphatic rings. The zero-order valence-corrected chi connectivity index (χ0v) is 11.4. The molecule has 0 atom stereocenters. The van der Waals surface area contributed by atoms with Crippen LogP contribution in [-0.4, -0.2) is 19.7 Å². The second kappa shape index (κ2) is 5.61. The number of H-pyrrole nitrogens is 1. The van der Waals surface area contributed by atoms with Gasteiger partial charge in [0.05, 0.1) is 25.1 Å². The van der Waals surface area contributed by atoms with Crippen molar-refractivity contribution in [3.8, 4) is 0 Å². The third-order valence-electron chi connectivity index (χ3n) is 3.29. The predicted octanol–water partition coefficient (Wildman–Crippen LogP) is 2.58. The molecule has 5 heteroatoms. The van der Waals surface area contributed by atoms with Gasteiger partial charge in [-0.15, -0.1) is 0 Å². The molecule has 102 valence electrons. The average Bonchev–Trinajstić information content (AvgIpc) is 3.10. The fourth-order valence-corrected chi connectivity index (χ4v) is 2.14. The zero-order valence-electron chi connectivity index (χ0n) is 11.4. The summed E-state index contributed by atoms with van der Waals surface area (Å²) < 4.78 is 1.92. The number of anilines is 1. The Hall–Kier alpha value is -2.56. The summed E-state index contributed by atoms with van der Waals surface area (Å²) in [6, 6.07) is 10.2. The molecule has 2 heterocycles. The van der Waals surface area contributed by atoms with E-state index in [4.69, 9.17) is 0 Å². The maximum Gasteiger partial charge on any atom is 0.0925 e. The number of aromatic nitrogens is 4. The first-order valence-corrected chi connectivity index (χ1v) is 6.61. The van der Waals surface area contributed by atoms with Gasteiger partial charge in [-0.3, -0.25) is 4.68 Å². The molecular formula is C15H17N5. The van der Waals surface area contributed by atoms with E-state index < -0.39 is 0 Å². The number of para-hydroxylation sites is 1. The molecule has 0 saturated carbocycles. The van der Waals surface area contributed by atoms with Crippen molar-refractivity contribution in [1.82, 2.24) is 19.7 Å². The molecular weight excluding hydrogens is 250 g/mol. The zero-order chi connectivity index (χ0) is 13.8. The number of aromatic amines is 1. The molecule has 0 aliphatic carbocycles. The molecule has 0 saturated heterocycles. The van der Waals surface area contributed by atoms with Crippen LogP contribution in [0.2, 0.25) is 0 Å². The van der Waals surface area contributed by atoms with Crippen LogP contribution >= 0.6 is 0 Å². The smallest absolute Gasteiger partial charge is 0.0925 e. The Morgan fingerprint density at radius 1 is 1.25 bits per heavy atom. The first kappa shape index (κ1) is 12.5. The molecule has 0 unspecified atom stereocenters. The van der Waals surface area contributed by atoms with Crippen LogP contribution in [0.1, 0.15) is 17.0 Å². The van der Waals surface area contributed by atoms with Gasteiger partial charge < -0.3 is 10.3 Å². The minimum atomic E-state index is 0.714. The highest BCUT2D eigenvalue weighted by Gasteiger charge is 2.05. The van der Waals surface area contributed by atoms with Gasteiger partial charge in [-0.1, -0.05) is 18.2 Å². The number of hydrogen-bond donors (Lipinski definition) is 2. The minimum absolute atomic E-state index is 0.714. The van der Waals surface area contributed by atoms with E-state index in [9.17, 15) is 0 Å². The first-order chi connectivity index (χ1) is 9.83. The number of hydrogen-bond acceptors (Lipinski definition) is 3. The summed E-state index contributed by atoms with van der Waals surface area (Å²) in [7, 11) is 0. The maximum absolute atomic E-state index is 4.30. The number of rotatable bonds is 5. The molecule has 0 fully saturated rings. The van der Waals surface area contributed by atoms with Crippen LogP contribution in [0, 0.1) is 6.92 Å². The molecule has 3 aromatic rings. The summed E-state index contributed by atoms with van der Waals surface area (Å²) in [6.45, 7) is 3.50. The van der Waals surface area contributed by atoms with E-state index in [-0.39, 0.29) is 0 Å². The number of nitrogens with one attached hydrogen (secondary N) is 2. The highest BCUT2D eigenvalue weighted by molar-refractivity contribution is 5.51. The monoisotopic (exact) mass is 267 g/mol. The molecule has 0 amide bonds. The fraction of sp³-hybridized carbons (Fsp3) is 0.200. The standard InChI is InChI=1S/C15H17N5/c1-12-15(18-11-17-12)9-16-14-6-3-2-5-13(14)10-20-8-4-7-19-20/h2-8,11,16H,9-10H2,1H3,(H,17,18). The number of imidazole rings is 1. The topological polar surface area (TPSA) is 58.5 Å². The normalized spacial score (nSPS) is 10.7. The van der Waals surface area contributed by atoms with Gasteiger partial charge >= 0.3 is 0 Å². The van der Waals surface area contributed by atoms with Gasteiger partial charge in [0.25, 0.3) is 0 Å². The Kier molecular flexibility index (Phi) is 3.50. The van der Waals surface area contributed by atoms with Crippen molar-refractivity contribution in [2.45, 2.75) is 20.0 Å². The molecule has 20 heavy (non-hydrogen) atoms. The van der Waals surface area contributed by atoms with Gasteiger partial charge in [-0.25, -0.2) is 4.98 Å². The average molecular weight is 267 g/mol. The van der Waals surface area contributed by atoms with E-state index in [1.54, 1.807) is 12.5 Å². The summed E-state index contributed by atoms with van der Waals surface area (Å²) in [5.41, 5.74) is 4.47. The van der Waals surface area contributed by atoms with Crippen molar-refractivity contribution in [3.63, 3.8) is 0 Å². The van der Waals surface area contributed by atoms with Crippen molar-refractivity contribution in [3.05, 3.63) is 66.0 Å².